The second-order valence-corrected chi connectivity index (χ2v) is 8.51. The summed E-state index contributed by atoms with van der Waals surface area (Å²) in [5.74, 6) is 1.30. The van der Waals surface area contributed by atoms with Gasteiger partial charge in [-0.2, -0.15) is 10.1 Å². The molecule has 0 aliphatic carbocycles. The maximum Gasteiger partial charge on any atom is 0.217 e. The van der Waals surface area contributed by atoms with Gasteiger partial charge in [0.15, 0.2) is 5.82 Å². The number of hydrogen-bond acceptors (Lipinski definition) is 7. The Bertz CT molecular complexity index is 862. The van der Waals surface area contributed by atoms with Gasteiger partial charge in [-0.3, -0.25) is 5.43 Å². The average molecular weight is 454 g/mol. The van der Waals surface area contributed by atoms with E-state index in [1.54, 1.807) is 0 Å². The number of hydrazone groups is 1. The highest BCUT2D eigenvalue weighted by atomic mass is 16.5. The van der Waals surface area contributed by atoms with E-state index < -0.39 is 0 Å². The summed E-state index contributed by atoms with van der Waals surface area (Å²) in [6.45, 7) is 11.5. The summed E-state index contributed by atoms with van der Waals surface area (Å²) in [5.41, 5.74) is 6.46. The van der Waals surface area contributed by atoms with Crippen LogP contribution in [-0.4, -0.2) is 56.7 Å². The summed E-state index contributed by atoms with van der Waals surface area (Å²) in [6, 6.07) is 12.8. The van der Waals surface area contributed by atoms with Crippen LogP contribution in [0.3, 0.4) is 0 Å². The summed E-state index contributed by atoms with van der Waals surface area (Å²) in [5, 5.41) is 7.97. The molecule has 0 spiro atoms. The number of nitrogens with one attached hydrogen (secondary N) is 2. The molecule has 0 radical (unpaired) electrons. The maximum absolute atomic E-state index is 6.04. The van der Waals surface area contributed by atoms with E-state index >= 15 is 0 Å². The van der Waals surface area contributed by atoms with E-state index in [1.807, 2.05) is 30.5 Å². The third-order valence-electron chi connectivity index (χ3n) is 5.58. The van der Waals surface area contributed by atoms with E-state index in [0.29, 0.717) is 24.3 Å². The SMILES string of the molecule is CCCN(CCC)c1cc(N/N=C/c2cccc(C)c2)nc(OCCNC2CCOCC2)c1. The van der Waals surface area contributed by atoms with Crippen molar-refractivity contribution in [2.75, 3.05) is 49.8 Å². The lowest BCUT2D eigenvalue weighted by atomic mass is 10.1. The highest BCUT2D eigenvalue weighted by Crippen LogP contribution is 2.24. The van der Waals surface area contributed by atoms with E-state index in [-0.39, 0.29) is 0 Å². The van der Waals surface area contributed by atoms with Crippen LogP contribution in [0.5, 0.6) is 5.88 Å². The Morgan fingerprint density at radius 1 is 1.15 bits per heavy atom. The summed E-state index contributed by atoms with van der Waals surface area (Å²) < 4.78 is 11.5. The Hall–Kier alpha value is -2.64. The second-order valence-electron chi connectivity index (χ2n) is 8.51. The molecule has 0 unspecified atom stereocenters. The number of aromatic nitrogens is 1. The molecular formula is C26H39N5O2. The molecule has 1 fully saturated rings. The molecule has 1 aliphatic heterocycles. The topological polar surface area (TPSA) is 71.0 Å². The van der Waals surface area contributed by atoms with Crippen molar-refractivity contribution < 1.29 is 9.47 Å². The van der Waals surface area contributed by atoms with Gasteiger partial charge < -0.3 is 19.7 Å². The van der Waals surface area contributed by atoms with Crippen LogP contribution in [0.1, 0.15) is 50.7 Å². The lowest BCUT2D eigenvalue weighted by molar-refractivity contribution is 0.0770. The molecule has 3 rings (SSSR count). The third kappa shape index (κ3) is 8.67. The lowest BCUT2D eigenvalue weighted by Crippen LogP contribution is -2.37. The van der Waals surface area contributed by atoms with E-state index in [1.165, 1.54) is 5.56 Å². The second kappa shape index (κ2) is 13.8. The quantitative estimate of drug-likeness (QED) is 0.262. The van der Waals surface area contributed by atoms with Gasteiger partial charge in [0.05, 0.1) is 6.21 Å². The standard InChI is InChI=1S/C26H39N5O2/c1-4-12-31(13-5-2)24-18-25(30-28-20-22-8-6-7-21(3)17-22)29-26(19-24)33-16-11-27-23-9-14-32-15-10-23/h6-8,17-20,23,27H,4-5,9-16H2,1-3H3,(H,29,30)/b28-20+. The first-order valence-corrected chi connectivity index (χ1v) is 12.2. The van der Waals surface area contributed by atoms with Gasteiger partial charge in [0.1, 0.15) is 6.61 Å². The molecule has 0 saturated carbocycles. The summed E-state index contributed by atoms with van der Waals surface area (Å²) in [4.78, 5) is 7.03. The molecule has 0 atom stereocenters. The molecule has 2 N–H and O–H groups in total. The van der Waals surface area contributed by atoms with Crippen LogP contribution in [0.2, 0.25) is 0 Å². The fourth-order valence-corrected chi connectivity index (χ4v) is 3.96. The van der Waals surface area contributed by atoms with Crippen molar-refractivity contribution in [2.45, 2.75) is 52.5 Å². The monoisotopic (exact) mass is 453 g/mol. The molecule has 7 heteroatoms. The van der Waals surface area contributed by atoms with Crippen LogP contribution in [0, 0.1) is 6.92 Å². The number of ether oxygens (including phenoxy) is 2. The highest BCUT2D eigenvalue weighted by Gasteiger charge is 2.13. The summed E-state index contributed by atoms with van der Waals surface area (Å²) >= 11 is 0. The highest BCUT2D eigenvalue weighted by molar-refractivity contribution is 5.80. The fraction of sp³-hybridized carbons (Fsp3) is 0.538. The van der Waals surface area contributed by atoms with Crippen LogP contribution in [0.25, 0.3) is 0 Å². The third-order valence-corrected chi connectivity index (χ3v) is 5.58. The molecule has 180 valence electrons. The Morgan fingerprint density at radius 3 is 2.67 bits per heavy atom. The van der Waals surface area contributed by atoms with Gasteiger partial charge in [-0.15, -0.1) is 0 Å². The van der Waals surface area contributed by atoms with Gasteiger partial charge >= 0.3 is 0 Å². The molecule has 33 heavy (non-hydrogen) atoms. The molecule has 1 aromatic carbocycles. The largest absolute Gasteiger partial charge is 0.476 e. The lowest BCUT2D eigenvalue weighted by Gasteiger charge is -2.25. The van der Waals surface area contributed by atoms with Crippen molar-refractivity contribution >= 4 is 17.7 Å². The Morgan fingerprint density at radius 2 is 1.94 bits per heavy atom. The molecule has 1 saturated heterocycles. The molecule has 1 aromatic heterocycles. The number of rotatable bonds is 13. The number of aryl methyl sites for hydroxylation is 1. The molecule has 2 aromatic rings. The predicted octanol–water partition coefficient (Wildman–Crippen LogP) is 4.61. The minimum Gasteiger partial charge on any atom is -0.476 e. The van der Waals surface area contributed by atoms with Crippen molar-refractivity contribution in [3.63, 3.8) is 0 Å². The van der Waals surface area contributed by atoms with E-state index in [0.717, 1.165) is 69.8 Å². The van der Waals surface area contributed by atoms with Crippen molar-refractivity contribution in [2.24, 2.45) is 5.10 Å². The molecule has 0 amide bonds. The molecule has 0 bridgehead atoms. The Balaban J connectivity index is 1.66. The van der Waals surface area contributed by atoms with Gasteiger partial charge in [0, 0.05) is 56.7 Å². The zero-order chi connectivity index (χ0) is 23.3. The maximum atomic E-state index is 6.04. The van der Waals surface area contributed by atoms with Gasteiger partial charge in [0.2, 0.25) is 5.88 Å². The minimum atomic E-state index is 0.513. The van der Waals surface area contributed by atoms with Crippen LogP contribution < -0.4 is 20.4 Å². The number of pyridine rings is 1. The zero-order valence-electron chi connectivity index (χ0n) is 20.3. The Kier molecular flexibility index (Phi) is 10.5. The smallest absolute Gasteiger partial charge is 0.217 e. The van der Waals surface area contributed by atoms with Gasteiger partial charge in [0.25, 0.3) is 0 Å². The molecule has 2 heterocycles. The van der Waals surface area contributed by atoms with Crippen molar-refractivity contribution in [1.29, 1.82) is 0 Å². The predicted molar refractivity (Wildman–Crippen MR) is 137 cm³/mol. The first-order chi connectivity index (χ1) is 16.2. The average Bonchev–Trinajstić information content (AvgIpc) is 2.82. The molecule has 1 aliphatic rings. The van der Waals surface area contributed by atoms with Crippen molar-refractivity contribution in [3.8, 4) is 5.88 Å². The van der Waals surface area contributed by atoms with Gasteiger partial charge in [-0.05, 0) is 38.2 Å². The van der Waals surface area contributed by atoms with Crippen LogP contribution in [0.4, 0.5) is 11.5 Å². The molecule has 7 nitrogen and oxygen atoms in total. The van der Waals surface area contributed by atoms with E-state index in [4.69, 9.17) is 9.47 Å². The van der Waals surface area contributed by atoms with Crippen molar-refractivity contribution in [3.05, 3.63) is 47.5 Å². The number of benzene rings is 1. The summed E-state index contributed by atoms with van der Waals surface area (Å²) in [6.07, 6.45) is 6.10. The normalized spacial score (nSPS) is 14.5. The molecular weight excluding hydrogens is 414 g/mol. The first-order valence-electron chi connectivity index (χ1n) is 12.2. The zero-order valence-corrected chi connectivity index (χ0v) is 20.3. The van der Waals surface area contributed by atoms with E-state index in [9.17, 15) is 0 Å². The van der Waals surface area contributed by atoms with Crippen LogP contribution in [0.15, 0.2) is 41.5 Å². The first kappa shape index (κ1) is 25.0. The van der Waals surface area contributed by atoms with Gasteiger partial charge in [-0.1, -0.05) is 43.7 Å². The van der Waals surface area contributed by atoms with Crippen molar-refractivity contribution in [1.82, 2.24) is 10.3 Å². The van der Waals surface area contributed by atoms with Gasteiger partial charge in [-0.25, -0.2) is 0 Å². The summed E-state index contributed by atoms with van der Waals surface area (Å²) in [7, 11) is 0. The Labute approximate surface area is 198 Å². The van der Waals surface area contributed by atoms with Crippen LogP contribution in [-0.2, 0) is 4.74 Å². The number of anilines is 2. The van der Waals surface area contributed by atoms with E-state index in [2.05, 4.69) is 58.6 Å². The number of nitrogens with zero attached hydrogens (tertiary/aromatic N) is 3. The number of hydrogen-bond donors (Lipinski definition) is 2. The minimum absolute atomic E-state index is 0.513. The van der Waals surface area contributed by atoms with Crippen LogP contribution >= 0.6 is 0 Å². The fourth-order valence-electron chi connectivity index (χ4n) is 3.96.